The van der Waals surface area contributed by atoms with Crippen LogP contribution in [0.3, 0.4) is 0 Å². The number of hydrogen-bond donors (Lipinski definition) is 2. The number of phenols is 1. The first-order valence-electron chi connectivity index (χ1n) is 7.98. The molecule has 1 atom stereocenters. The summed E-state index contributed by atoms with van der Waals surface area (Å²) >= 11 is 3.40. The molecule has 0 saturated heterocycles. The van der Waals surface area contributed by atoms with E-state index in [-0.39, 0.29) is 17.5 Å². The molecule has 6 heteroatoms. The highest BCUT2D eigenvalue weighted by molar-refractivity contribution is 9.10. The summed E-state index contributed by atoms with van der Waals surface area (Å²) in [5.41, 5.74) is 2.26. The molecule has 0 fully saturated rings. The normalized spacial score (nSPS) is 16.2. The average Bonchev–Trinajstić information content (AvgIpc) is 2.65. The monoisotopic (exact) mass is 412 g/mol. The summed E-state index contributed by atoms with van der Waals surface area (Å²) in [4.78, 5) is 14.7. The average molecular weight is 413 g/mol. The summed E-state index contributed by atoms with van der Waals surface area (Å²) in [6, 6.07) is 17.9. The van der Waals surface area contributed by atoms with Gasteiger partial charge in [0, 0.05) is 21.4 Å². The van der Waals surface area contributed by atoms with Gasteiger partial charge >= 0.3 is 0 Å². The number of rotatable bonds is 2. The molecular weight excluding hydrogens is 399 g/mol. The van der Waals surface area contributed by atoms with Crippen LogP contribution in [0.4, 0.5) is 15.8 Å². The highest BCUT2D eigenvalue weighted by Crippen LogP contribution is 2.40. The van der Waals surface area contributed by atoms with Gasteiger partial charge in [-0.2, -0.15) is 0 Å². The second-order valence-corrected chi connectivity index (χ2v) is 6.86. The third-order valence-electron chi connectivity index (χ3n) is 4.32. The molecule has 130 valence electrons. The fraction of sp³-hybridized carbons (Fsp3) is 0.0500. The van der Waals surface area contributed by atoms with E-state index in [1.807, 2.05) is 12.1 Å². The molecule has 0 spiro atoms. The Bertz CT molecular complexity index is 991. The van der Waals surface area contributed by atoms with Crippen molar-refractivity contribution < 1.29 is 14.3 Å². The predicted molar refractivity (Wildman–Crippen MR) is 102 cm³/mol. The molecule has 2 N–H and O–H groups in total. The van der Waals surface area contributed by atoms with E-state index >= 15 is 0 Å². The molecule has 4 nitrogen and oxygen atoms in total. The minimum absolute atomic E-state index is 0.0602. The van der Waals surface area contributed by atoms with E-state index in [2.05, 4.69) is 21.2 Å². The van der Waals surface area contributed by atoms with Gasteiger partial charge in [-0.25, -0.2) is 4.39 Å². The summed E-state index contributed by atoms with van der Waals surface area (Å²) in [6.07, 6.45) is -0.639. The van der Waals surface area contributed by atoms with Crippen LogP contribution in [-0.4, -0.2) is 11.0 Å². The standard InChI is InChI=1S/C20H14BrFN2O2/c21-12-5-10-18(25)16(11-12)19-23-17-4-2-1-3-15(17)20(26)24(19)14-8-6-13(22)7-9-14/h1-11,19,23,25H. The van der Waals surface area contributed by atoms with Crippen molar-refractivity contribution in [3.05, 3.63) is 88.1 Å². The lowest BCUT2D eigenvalue weighted by molar-refractivity contribution is 0.0974. The Morgan fingerprint density at radius 2 is 1.77 bits per heavy atom. The Morgan fingerprint density at radius 3 is 2.54 bits per heavy atom. The van der Waals surface area contributed by atoms with Gasteiger partial charge in [-0.05, 0) is 54.6 Å². The van der Waals surface area contributed by atoms with Crippen LogP contribution in [0.5, 0.6) is 5.75 Å². The van der Waals surface area contributed by atoms with E-state index in [9.17, 15) is 14.3 Å². The van der Waals surface area contributed by atoms with Gasteiger partial charge in [-0.3, -0.25) is 9.69 Å². The van der Waals surface area contributed by atoms with Gasteiger partial charge in [-0.1, -0.05) is 28.1 Å². The van der Waals surface area contributed by atoms with Crippen molar-refractivity contribution >= 4 is 33.2 Å². The number of carbonyl (C=O) groups is 1. The summed E-state index contributed by atoms with van der Waals surface area (Å²) in [6.45, 7) is 0. The van der Waals surface area contributed by atoms with Gasteiger partial charge in [-0.15, -0.1) is 0 Å². The topological polar surface area (TPSA) is 52.6 Å². The van der Waals surface area contributed by atoms with Crippen LogP contribution in [0.15, 0.2) is 71.2 Å². The zero-order valence-corrected chi connectivity index (χ0v) is 15.1. The Labute approximate surface area is 158 Å². The lowest BCUT2D eigenvalue weighted by atomic mass is 10.0. The fourth-order valence-electron chi connectivity index (χ4n) is 3.08. The first kappa shape index (κ1) is 16.6. The van der Waals surface area contributed by atoms with Crippen molar-refractivity contribution in [2.45, 2.75) is 6.17 Å². The van der Waals surface area contributed by atoms with Crippen LogP contribution in [0, 0.1) is 5.82 Å². The number of nitrogens with zero attached hydrogens (tertiary/aromatic N) is 1. The van der Waals surface area contributed by atoms with Crippen molar-refractivity contribution in [2.75, 3.05) is 10.2 Å². The molecule has 0 saturated carbocycles. The molecule has 0 radical (unpaired) electrons. The number of benzene rings is 3. The van der Waals surface area contributed by atoms with E-state index in [0.29, 0.717) is 22.5 Å². The molecule has 1 aliphatic heterocycles. The smallest absolute Gasteiger partial charge is 0.262 e. The second-order valence-electron chi connectivity index (χ2n) is 5.95. The quantitative estimate of drug-likeness (QED) is 0.617. The Balaban J connectivity index is 1.90. The lowest BCUT2D eigenvalue weighted by Gasteiger charge is -2.38. The number of nitrogens with one attached hydrogen (secondary N) is 1. The number of carbonyl (C=O) groups excluding carboxylic acids is 1. The van der Waals surface area contributed by atoms with Gasteiger partial charge in [0.2, 0.25) is 0 Å². The van der Waals surface area contributed by atoms with E-state index in [1.54, 1.807) is 42.5 Å². The first-order chi connectivity index (χ1) is 12.5. The van der Waals surface area contributed by atoms with Crippen molar-refractivity contribution in [1.29, 1.82) is 0 Å². The third kappa shape index (κ3) is 2.82. The number of aromatic hydroxyl groups is 1. The van der Waals surface area contributed by atoms with E-state index < -0.39 is 6.17 Å². The summed E-state index contributed by atoms with van der Waals surface area (Å²) in [5.74, 6) is -0.547. The number of hydrogen-bond acceptors (Lipinski definition) is 3. The third-order valence-corrected chi connectivity index (χ3v) is 4.81. The summed E-state index contributed by atoms with van der Waals surface area (Å²) in [5, 5.41) is 13.7. The van der Waals surface area contributed by atoms with Crippen LogP contribution >= 0.6 is 15.9 Å². The van der Waals surface area contributed by atoms with E-state index in [0.717, 1.165) is 4.47 Å². The molecule has 3 aromatic carbocycles. The van der Waals surface area contributed by atoms with Crippen LogP contribution in [0.2, 0.25) is 0 Å². The number of amides is 1. The second kappa shape index (κ2) is 6.46. The molecular formula is C20H14BrFN2O2. The summed E-state index contributed by atoms with van der Waals surface area (Å²) < 4.78 is 14.1. The maximum absolute atomic E-state index is 13.4. The molecule has 1 unspecified atom stereocenters. The first-order valence-corrected chi connectivity index (χ1v) is 8.77. The van der Waals surface area contributed by atoms with E-state index in [4.69, 9.17) is 0 Å². The minimum atomic E-state index is -0.639. The molecule has 1 heterocycles. The number of para-hydroxylation sites is 1. The number of phenolic OH excluding ortho intramolecular Hbond substituents is 1. The zero-order chi connectivity index (χ0) is 18.3. The molecule has 0 bridgehead atoms. The molecule has 1 amide bonds. The number of halogens is 2. The highest BCUT2D eigenvalue weighted by atomic mass is 79.9. The molecule has 3 aromatic rings. The maximum Gasteiger partial charge on any atom is 0.262 e. The predicted octanol–water partition coefficient (Wildman–Crippen LogP) is 5.06. The van der Waals surface area contributed by atoms with Crippen LogP contribution in [-0.2, 0) is 0 Å². The lowest BCUT2D eigenvalue weighted by Crippen LogP contribution is -2.43. The molecule has 4 rings (SSSR count). The maximum atomic E-state index is 13.4. The number of anilines is 2. The van der Waals surface area contributed by atoms with Gasteiger partial charge < -0.3 is 10.4 Å². The van der Waals surface area contributed by atoms with Crippen LogP contribution in [0.1, 0.15) is 22.1 Å². The Kier molecular flexibility index (Phi) is 4.12. The molecule has 26 heavy (non-hydrogen) atoms. The fourth-order valence-corrected chi connectivity index (χ4v) is 3.46. The van der Waals surface area contributed by atoms with Gasteiger partial charge in [0.1, 0.15) is 17.7 Å². The molecule has 0 aliphatic carbocycles. The largest absolute Gasteiger partial charge is 0.508 e. The van der Waals surface area contributed by atoms with Crippen molar-refractivity contribution in [2.24, 2.45) is 0 Å². The van der Waals surface area contributed by atoms with Crippen LogP contribution in [0.25, 0.3) is 0 Å². The summed E-state index contributed by atoms with van der Waals surface area (Å²) in [7, 11) is 0. The van der Waals surface area contributed by atoms with Crippen LogP contribution < -0.4 is 10.2 Å². The van der Waals surface area contributed by atoms with Gasteiger partial charge in [0.15, 0.2) is 0 Å². The SMILES string of the molecule is O=C1c2ccccc2NC(c2cc(Br)ccc2O)N1c1ccc(F)cc1. The zero-order valence-electron chi connectivity index (χ0n) is 13.5. The van der Waals surface area contributed by atoms with Crippen molar-refractivity contribution in [3.63, 3.8) is 0 Å². The highest BCUT2D eigenvalue weighted by Gasteiger charge is 2.35. The van der Waals surface area contributed by atoms with Crippen molar-refractivity contribution in [1.82, 2.24) is 0 Å². The number of fused-ring (bicyclic) bond motifs is 1. The van der Waals surface area contributed by atoms with E-state index in [1.165, 1.54) is 17.0 Å². The minimum Gasteiger partial charge on any atom is -0.508 e. The molecule has 0 aromatic heterocycles. The Morgan fingerprint density at radius 1 is 1.04 bits per heavy atom. The van der Waals surface area contributed by atoms with Crippen molar-refractivity contribution in [3.8, 4) is 5.75 Å². The van der Waals surface area contributed by atoms with Gasteiger partial charge in [0.25, 0.3) is 5.91 Å². The Hall–Kier alpha value is -2.86. The molecule has 1 aliphatic rings. The van der Waals surface area contributed by atoms with Gasteiger partial charge in [0.05, 0.1) is 5.56 Å².